The molecule has 2 aromatic rings. The van der Waals surface area contributed by atoms with Gasteiger partial charge in [-0.3, -0.25) is 0 Å². The molecule has 0 aliphatic carbocycles. The van der Waals surface area contributed by atoms with Gasteiger partial charge < -0.3 is 10.5 Å². The van der Waals surface area contributed by atoms with Gasteiger partial charge in [0.1, 0.15) is 5.82 Å². The van der Waals surface area contributed by atoms with Crippen LogP contribution in [0.4, 0.5) is 10.1 Å². The normalized spacial score (nSPS) is 10.6. The van der Waals surface area contributed by atoms with Crippen LogP contribution in [0.5, 0.6) is 0 Å². The molecule has 2 nitrogen and oxygen atoms in total. The van der Waals surface area contributed by atoms with Crippen molar-refractivity contribution in [2.24, 2.45) is 0 Å². The van der Waals surface area contributed by atoms with Crippen molar-refractivity contribution in [1.82, 2.24) is 0 Å². The van der Waals surface area contributed by atoms with Gasteiger partial charge >= 0.3 is 0 Å². The second-order valence-corrected chi connectivity index (χ2v) is 4.84. The molecular weight excluding hydrogens is 297 g/mol. The molecule has 0 aliphatic rings. The van der Waals surface area contributed by atoms with Gasteiger partial charge in [0.15, 0.2) is 0 Å². The van der Waals surface area contributed by atoms with Crippen LogP contribution in [-0.4, -0.2) is 0 Å². The highest BCUT2D eigenvalue weighted by Crippen LogP contribution is 2.17. The van der Waals surface area contributed by atoms with E-state index >= 15 is 0 Å². The zero-order valence-corrected chi connectivity index (χ0v) is 11.3. The summed E-state index contributed by atoms with van der Waals surface area (Å²) in [5.74, 6) is -0.266. The molecule has 0 aromatic heterocycles. The van der Waals surface area contributed by atoms with Crippen LogP contribution < -0.4 is 5.73 Å². The van der Waals surface area contributed by atoms with Crippen molar-refractivity contribution in [3.63, 3.8) is 0 Å². The summed E-state index contributed by atoms with van der Waals surface area (Å²) in [4.78, 5) is 0. The third kappa shape index (κ3) is 3.55. The SMILES string of the molecule is Nc1ccc(COCc2ccc(F)c(Br)c2)cc1. The third-order valence-electron chi connectivity index (χ3n) is 2.50. The Labute approximate surface area is 114 Å². The Kier molecular flexibility index (Phi) is 4.33. The Morgan fingerprint density at radius 2 is 1.61 bits per heavy atom. The van der Waals surface area contributed by atoms with E-state index in [4.69, 9.17) is 10.5 Å². The summed E-state index contributed by atoms with van der Waals surface area (Å²) in [6.07, 6.45) is 0. The van der Waals surface area contributed by atoms with Crippen LogP contribution in [0.2, 0.25) is 0 Å². The predicted octanol–water partition coefficient (Wildman–Crippen LogP) is 3.89. The van der Waals surface area contributed by atoms with Crippen LogP contribution in [0.1, 0.15) is 11.1 Å². The van der Waals surface area contributed by atoms with Gasteiger partial charge in [-0.15, -0.1) is 0 Å². The lowest BCUT2D eigenvalue weighted by atomic mass is 10.2. The number of hydrogen-bond donors (Lipinski definition) is 1. The van der Waals surface area contributed by atoms with E-state index in [0.29, 0.717) is 17.7 Å². The molecule has 0 radical (unpaired) electrons. The maximum Gasteiger partial charge on any atom is 0.137 e. The van der Waals surface area contributed by atoms with Crippen LogP contribution in [0, 0.1) is 5.82 Å². The van der Waals surface area contributed by atoms with E-state index in [9.17, 15) is 4.39 Å². The first-order valence-corrected chi connectivity index (χ1v) is 6.30. The maximum absolute atomic E-state index is 13.0. The molecule has 4 heteroatoms. The fourth-order valence-electron chi connectivity index (χ4n) is 1.53. The summed E-state index contributed by atoms with van der Waals surface area (Å²) < 4.78 is 19.0. The lowest BCUT2D eigenvalue weighted by Gasteiger charge is -2.06. The number of benzene rings is 2. The van der Waals surface area contributed by atoms with Crippen LogP contribution >= 0.6 is 15.9 Å². The minimum absolute atomic E-state index is 0.266. The van der Waals surface area contributed by atoms with E-state index in [0.717, 1.165) is 16.8 Å². The molecule has 0 saturated carbocycles. The van der Waals surface area contributed by atoms with E-state index in [1.807, 2.05) is 24.3 Å². The highest BCUT2D eigenvalue weighted by atomic mass is 79.9. The molecule has 0 unspecified atom stereocenters. The zero-order valence-electron chi connectivity index (χ0n) is 9.70. The Morgan fingerprint density at radius 1 is 1.00 bits per heavy atom. The minimum Gasteiger partial charge on any atom is -0.399 e. The molecular formula is C14H13BrFNO. The van der Waals surface area contributed by atoms with Crippen LogP contribution in [0.3, 0.4) is 0 Å². The first-order chi connectivity index (χ1) is 8.65. The van der Waals surface area contributed by atoms with Crippen molar-refractivity contribution in [3.05, 3.63) is 63.9 Å². The number of ether oxygens (including phenoxy) is 1. The molecule has 0 saturated heterocycles. The van der Waals surface area contributed by atoms with Crippen molar-refractivity contribution in [1.29, 1.82) is 0 Å². The summed E-state index contributed by atoms with van der Waals surface area (Å²) in [5, 5.41) is 0. The predicted molar refractivity (Wildman–Crippen MR) is 73.4 cm³/mol. The monoisotopic (exact) mass is 309 g/mol. The van der Waals surface area contributed by atoms with Crippen molar-refractivity contribution in [3.8, 4) is 0 Å². The van der Waals surface area contributed by atoms with Crippen LogP contribution in [0.15, 0.2) is 46.9 Å². The molecule has 2 aromatic carbocycles. The number of hydrogen-bond acceptors (Lipinski definition) is 2. The largest absolute Gasteiger partial charge is 0.399 e. The Morgan fingerprint density at radius 3 is 2.28 bits per heavy atom. The average molecular weight is 310 g/mol. The number of anilines is 1. The van der Waals surface area contributed by atoms with Crippen molar-refractivity contribution in [2.75, 3.05) is 5.73 Å². The first kappa shape index (κ1) is 13.1. The number of halogens is 2. The molecule has 2 rings (SSSR count). The van der Waals surface area contributed by atoms with Gasteiger partial charge in [-0.05, 0) is 51.3 Å². The van der Waals surface area contributed by atoms with Crippen LogP contribution in [-0.2, 0) is 18.0 Å². The van der Waals surface area contributed by atoms with Crippen molar-refractivity contribution < 1.29 is 9.13 Å². The number of nitrogens with two attached hydrogens (primary N) is 1. The quantitative estimate of drug-likeness (QED) is 0.870. The fraction of sp³-hybridized carbons (Fsp3) is 0.143. The maximum atomic E-state index is 13.0. The average Bonchev–Trinajstić information content (AvgIpc) is 2.36. The minimum atomic E-state index is -0.266. The van der Waals surface area contributed by atoms with E-state index < -0.39 is 0 Å². The third-order valence-corrected chi connectivity index (χ3v) is 3.11. The molecule has 0 spiro atoms. The summed E-state index contributed by atoms with van der Waals surface area (Å²) in [6.45, 7) is 0.957. The highest BCUT2D eigenvalue weighted by molar-refractivity contribution is 9.10. The Hall–Kier alpha value is -1.39. The standard InChI is InChI=1S/C14H13BrFNO/c15-13-7-11(3-6-14(13)16)9-18-8-10-1-4-12(17)5-2-10/h1-7H,8-9,17H2. The summed E-state index contributed by atoms with van der Waals surface area (Å²) in [7, 11) is 0. The van der Waals surface area contributed by atoms with Crippen molar-refractivity contribution >= 4 is 21.6 Å². The van der Waals surface area contributed by atoms with Gasteiger partial charge in [-0.1, -0.05) is 18.2 Å². The molecule has 94 valence electrons. The molecule has 0 aliphatic heterocycles. The molecule has 0 heterocycles. The second kappa shape index (κ2) is 5.98. The van der Waals surface area contributed by atoms with Gasteiger partial charge in [-0.25, -0.2) is 4.39 Å². The Balaban J connectivity index is 1.88. The molecule has 18 heavy (non-hydrogen) atoms. The van der Waals surface area contributed by atoms with E-state index in [2.05, 4.69) is 15.9 Å². The number of nitrogen functional groups attached to an aromatic ring is 1. The summed E-state index contributed by atoms with van der Waals surface area (Å²) >= 11 is 3.15. The molecule has 0 atom stereocenters. The molecule has 0 fully saturated rings. The molecule has 0 amide bonds. The first-order valence-electron chi connectivity index (χ1n) is 5.51. The summed E-state index contributed by atoms with van der Waals surface area (Å²) in [5.41, 5.74) is 8.32. The van der Waals surface area contributed by atoms with E-state index in [-0.39, 0.29) is 5.82 Å². The van der Waals surface area contributed by atoms with Gasteiger partial charge in [-0.2, -0.15) is 0 Å². The summed E-state index contributed by atoms with van der Waals surface area (Å²) in [6, 6.07) is 12.4. The van der Waals surface area contributed by atoms with E-state index in [1.165, 1.54) is 6.07 Å². The molecule has 0 bridgehead atoms. The lowest BCUT2D eigenvalue weighted by molar-refractivity contribution is 0.107. The lowest BCUT2D eigenvalue weighted by Crippen LogP contribution is -1.95. The van der Waals surface area contributed by atoms with Gasteiger partial charge in [0.25, 0.3) is 0 Å². The van der Waals surface area contributed by atoms with Gasteiger partial charge in [0.2, 0.25) is 0 Å². The molecule has 2 N–H and O–H groups in total. The second-order valence-electron chi connectivity index (χ2n) is 3.98. The smallest absolute Gasteiger partial charge is 0.137 e. The zero-order chi connectivity index (χ0) is 13.0. The Bertz CT molecular complexity index is 528. The van der Waals surface area contributed by atoms with Gasteiger partial charge in [0.05, 0.1) is 17.7 Å². The van der Waals surface area contributed by atoms with Crippen molar-refractivity contribution in [2.45, 2.75) is 13.2 Å². The fourth-order valence-corrected chi connectivity index (χ4v) is 1.96. The van der Waals surface area contributed by atoms with E-state index in [1.54, 1.807) is 12.1 Å². The topological polar surface area (TPSA) is 35.2 Å². The highest BCUT2D eigenvalue weighted by Gasteiger charge is 2.01. The number of rotatable bonds is 4. The van der Waals surface area contributed by atoms with Gasteiger partial charge in [0, 0.05) is 5.69 Å². The van der Waals surface area contributed by atoms with Crippen LogP contribution in [0.25, 0.3) is 0 Å².